The van der Waals surface area contributed by atoms with Crippen molar-refractivity contribution >= 4 is 28.0 Å². The van der Waals surface area contributed by atoms with Gasteiger partial charge in [-0.15, -0.1) is 0 Å². The molecule has 0 radical (unpaired) electrons. The number of para-hydroxylation sites is 1. The number of nitrogens with zero attached hydrogens (tertiary/aromatic N) is 1. The molecule has 12 heteroatoms. The third-order valence-electron chi connectivity index (χ3n) is 5.67. The molecule has 0 atom stereocenters. The number of benzene rings is 2. The van der Waals surface area contributed by atoms with E-state index in [0.717, 1.165) is 11.8 Å². The van der Waals surface area contributed by atoms with Crippen molar-refractivity contribution in [2.75, 3.05) is 13.2 Å². The van der Waals surface area contributed by atoms with Gasteiger partial charge in [-0.25, -0.2) is 22.9 Å². The molecule has 1 aromatic heterocycles. The van der Waals surface area contributed by atoms with Crippen LogP contribution in [0.3, 0.4) is 0 Å². The second-order valence-corrected chi connectivity index (χ2v) is 10.3. The minimum absolute atomic E-state index is 0.0482. The van der Waals surface area contributed by atoms with Gasteiger partial charge in [0.15, 0.2) is 6.61 Å². The van der Waals surface area contributed by atoms with Crippen molar-refractivity contribution < 1.29 is 37.0 Å². The number of nitrogens with one attached hydrogen (secondary N) is 2. The third-order valence-corrected chi connectivity index (χ3v) is 7.02. The molecule has 3 rings (SSSR count). The van der Waals surface area contributed by atoms with Crippen LogP contribution in [0.2, 0.25) is 0 Å². The van der Waals surface area contributed by atoms with Gasteiger partial charge in [-0.05, 0) is 55.2 Å². The van der Waals surface area contributed by atoms with Gasteiger partial charge in [-0.2, -0.15) is 0 Å². The Bertz CT molecular complexity index is 1380. The van der Waals surface area contributed by atoms with E-state index in [1.807, 2.05) is 36.8 Å². The highest BCUT2D eigenvalue weighted by molar-refractivity contribution is 7.90. The highest BCUT2D eigenvalue weighted by Gasteiger charge is 2.20. The Kier molecular flexibility index (Phi) is 11.0. The van der Waals surface area contributed by atoms with E-state index in [4.69, 9.17) is 14.2 Å². The first-order chi connectivity index (χ1) is 19.2. The van der Waals surface area contributed by atoms with Crippen molar-refractivity contribution in [3.8, 4) is 11.6 Å². The lowest BCUT2D eigenvalue weighted by Gasteiger charge is -2.13. The summed E-state index contributed by atoms with van der Waals surface area (Å²) in [6.45, 7) is 3.98. The zero-order valence-corrected chi connectivity index (χ0v) is 23.0. The number of sulfonamides is 1. The van der Waals surface area contributed by atoms with E-state index >= 15 is 0 Å². The summed E-state index contributed by atoms with van der Waals surface area (Å²) in [5.41, 5.74) is 0.741. The molecule has 1 heterocycles. The number of pyridine rings is 1. The van der Waals surface area contributed by atoms with Crippen LogP contribution in [0.1, 0.15) is 42.6 Å². The van der Waals surface area contributed by atoms with E-state index in [9.17, 15) is 22.8 Å². The second kappa shape index (κ2) is 14.6. The molecule has 0 aliphatic carbocycles. The Morgan fingerprint density at radius 2 is 1.62 bits per heavy atom. The van der Waals surface area contributed by atoms with E-state index in [2.05, 4.69) is 10.3 Å². The van der Waals surface area contributed by atoms with E-state index in [-0.39, 0.29) is 35.0 Å². The monoisotopic (exact) mass is 569 g/mol. The molecule has 40 heavy (non-hydrogen) atoms. The molecule has 0 fully saturated rings. The van der Waals surface area contributed by atoms with Crippen LogP contribution < -0.4 is 19.5 Å². The van der Waals surface area contributed by atoms with Gasteiger partial charge in [0.1, 0.15) is 11.9 Å². The molecular formula is C28H31N3O8S. The summed E-state index contributed by atoms with van der Waals surface area (Å²) >= 11 is 0. The van der Waals surface area contributed by atoms with Gasteiger partial charge in [-0.3, -0.25) is 9.59 Å². The van der Waals surface area contributed by atoms with E-state index in [1.54, 1.807) is 24.3 Å². The fourth-order valence-corrected chi connectivity index (χ4v) is 4.39. The Labute approximate surface area is 232 Å². The number of carbonyl (C=O) groups is 3. The summed E-state index contributed by atoms with van der Waals surface area (Å²) < 4.78 is 42.8. The molecule has 2 amide bonds. The maximum Gasteiger partial charge on any atom is 0.515 e. The first-order valence-corrected chi connectivity index (χ1v) is 14.1. The quantitative estimate of drug-likeness (QED) is 0.294. The number of rotatable bonds is 13. The molecular weight excluding hydrogens is 538 g/mol. The molecule has 0 aliphatic heterocycles. The zero-order chi connectivity index (χ0) is 29.0. The van der Waals surface area contributed by atoms with Crippen LogP contribution >= 0.6 is 0 Å². The summed E-state index contributed by atoms with van der Waals surface area (Å²) in [5, 5.41) is 2.74. The molecule has 0 bridgehead atoms. The standard InChI is InChI=1S/C28H31N3O8S/c1-3-22(4-2)38-28(34)39-26-15-12-21(18-30-26)27(33)31-40(35,36)24-13-10-20(11-14-24)16-17-29-25(32)19-37-23-8-6-5-7-9-23/h5-15,18,22H,3-4,16-17,19H2,1-2H3,(H,29,32)(H,31,33). The fourth-order valence-electron chi connectivity index (χ4n) is 3.41. The molecule has 0 unspecified atom stereocenters. The molecule has 2 aromatic carbocycles. The highest BCUT2D eigenvalue weighted by Crippen LogP contribution is 2.14. The van der Waals surface area contributed by atoms with Gasteiger partial charge < -0.3 is 19.5 Å². The second-order valence-electron chi connectivity index (χ2n) is 8.57. The van der Waals surface area contributed by atoms with E-state index in [1.165, 1.54) is 24.3 Å². The van der Waals surface area contributed by atoms with Gasteiger partial charge >= 0.3 is 6.16 Å². The minimum Gasteiger partial charge on any atom is -0.484 e. The lowest BCUT2D eigenvalue weighted by atomic mass is 10.1. The summed E-state index contributed by atoms with van der Waals surface area (Å²) in [6.07, 6.45) is 1.64. The number of aromatic nitrogens is 1. The van der Waals surface area contributed by atoms with Gasteiger partial charge in [-0.1, -0.05) is 44.2 Å². The smallest absolute Gasteiger partial charge is 0.484 e. The Hall–Kier alpha value is -4.45. The van der Waals surface area contributed by atoms with Crippen LogP contribution in [0.15, 0.2) is 77.8 Å². The fraction of sp³-hybridized carbons (Fsp3) is 0.286. The first-order valence-electron chi connectivity index (χ1n) is 12.6. The molecule has 0 spiro atoms. The van der Waals surface area contributed by atoms with Gasteiger partial charge in [0.25, 0.3) is 21.8 Å². The van der Waals surface area contributed by atoms with Crippen molar-refractivity contribution in [3.63, 3.8) is 0 Å². The maximum atomic E-state index is 12.7. The summed E-state index contributed by atoms with van der Waals surface area (Å²) in [7, 11) is -4.16. The number of carbonyl (C=O) groups excluding carboxylic acids is 3. The van der Waals surface area contributed by atoms with Crippen LogP contribution in [-0.2, 0) is 26.0 Å². The van der Waals surface area contributed by atoms with Crippen molar-refractivity contribution in [3.05, 3.63) is 84.1 Å². The topological polar surface area (TPSA) is 150 Å². The number of ether oxygens (including phenoxy) is 3. The van der Waals surface area contributed by atoms with Crippen LogP contribution in [0.25, 0.3) is 0 Å². The van der Waals surface area contributed by atoms with E-state index < -0.39 is 22.1 Å². The molecule has 0 saturated heterocycles. The van der Waals surface area contributed by atoms with Crippen molar-refractivity contribution in [1.29, 1.82) is 0 Å². The average Bonchev–Trinajstić information content (AvgIpc) is 2.95. The third kappa shape index (κ3) is 9.38. The molecule has 2 N–H and O–H groups in total. The molecule has 0 saturated carbocycles. The molecule has 11 nitrogen and oxygen atoms in total. The zero-order valence-electron chi connectivity index (χ0n) is 22.2. The number of hydrogen-bond acceptors (Lipinski definition) is 9. The van der Waals surface area contributed by atoms with Crippen LogP contribution in [0.4, 0.5) is 4.79 Å². The Morgan fingerprint density at radius 1 is 0.925 bits per heavy atom. The largest absolute Gasteiger partial charge is 0.515 e. The predicted octanol–water partition coefficient (Wildman–Crippen LogP) is 3.64. The maximum absolute atomic E-state index is 12.7. The van der Waals surface area contributed by atoms with Crippen LogP contribution in [0, 0.1) is 0 Å². The minimum atomic E-state index is -4.16. The predicted molar refractivity (Wildman–Crippen MR) is 145 cm³/mol. The normalized spacial score (nSPS) is 11.0. The van der Waals surface area contributed by atoms with E-state index in [0.29, 0.717) is 31.6 Å². The number of hydrogen-bond donors (Lipinski definition) is 2. The summed E-state index contributed by atoms with van der Waals surface area (Å²) in [5.74, 6) is -0.672. The van der Waals surface area contributed by atoms with Gasteiger partial charge in [0.05, 0.1) is 10.5 Å². The first kappa shape index (κ1) is 30.1. The molecule has 212 valence electrons. The molecule has 0 aliphatic rings. The highest BCUT2D eigenvalue weighted by atomic mass is 32.2. The molecule has 3 aromatic rings. The van der Waals surface area contributed by atoms with Crippen LogP contribution in [0.5, 0.6) is 11.6 Å². The van der Waals surface area contributed by atoms with Gasteiger partial charge in [0, 0.05) is 18.8 Å². The average molecular weight is 570 g/mol. The SMILES string of the molecule is CCC(CC)OC(=O)Oc1ccc(C(=O)NS(=O)(=O)c2ccc(CCNC(=O)COc3ccccc3)cc2)cn1. The van der Waals surface area contributed by atoms with Gasteiger partial charge in [0.2, 0.25) is 5.88 Å². The Morgan fingerprint density at radius 3 is 2.25 bits per heavy atom. The lowest BCUT2D eigenvalue weighted by molar-refractivity contribution is -0.123. The Balaban J connectivity index is 1.46. The summed E-state index contributed by atoms with van der Waals surface area (Å²) in [6, 6.07) is 17.4. The summed E-state index contributed by atoms with van der Waals surface area (Å²) in [4.78, 5) is 40.0. The van der Waals surface area contributed by atoms with Crippen molar-refractivity contribution in [2.24, 2.45) is 0 Å². The van der Waals surface area contributed by atoms with Crippen LogP contribution in [-0.4, -0.2) is 50.6 Å². The van der Waals surface area contributed by atoms with Crippen molar-refractivity contribution in [2.45, 2.75) is 44.1 Å². The number of amides is 2. The lowest BCUT2D eigenvalue weighted by Crippen LogP contribution is -2.31. The van der Waals surface area contributed by atoms with Crippen molar-refractivity contribution in [1.82, 2.24) is 15.0 Å².